The summed E-state index contributed by atoms with van der Waals surface area (Å²) < 4.78 is 19.2. The number of hydrogen-bond acceptors (Lipinski definition) is 5. The number of nitrogens with zero attached hydrogens (tertiary/aromatic N) is 4. The van der Waals surface area contributed by atoms with E-state index in [0.717, 1.165) is 23.0 Å². The van der Waals surface area contributed by atoms with E-state index in [9.17, 15) is 9.18 Å². The first-order chi connectivity index (χ1) is 13.5. The van der Waals surface area contributed by atoms with Crippen molar-refractivity contribution in [3.63, 3.8) is 0 Å². The van der Waals surface area contributed by atoms with Gasteiger partial charge in [-0.1, -0.05) is 20.4 Å². The van der Waals surface area contributed by atoms with Crippen LogP contribution in [0.15, 0.2) is 61.4 Å². The van der Waals surface area contributed by atoms with E-state index in [4.69, 9.17) is 0 Å². The van der Waals surface area contributed by atoms with Gasteiger partial charge in [0.15, 0.2) is 0 Å². The molecule has 146 valence electrons. The van der Waals surface area contributed by atoms with Crippen molar-refractivity contribution < 1.29 is 13.9 Å². The fourth-order valence-electron chi connectivity index (χ4n) is 2.26. The van der Waals surface area contributed by atoms with Crippen LogP contribution in [0.2, 0.25) is 0 Å². The Kier molecular flexibility index (Phi) is 7.56. The number of halogens is 1. The van der Waals surface area contributed by atoms with Crippen molar-refractivity contribution in [3.05, 3.63) is 73.0 Å². The molecule has 0 atom stereocenters. The quantitative estimate of drug-likeness (QED) is 0.485. The number of aromatic nitrogens is 4. The van der Waals surface area contributed by atoms with Gasteiger partial charge in [0.25, 0.3) is 5.95 Å². The molecular formula is C21H23FN4O2. The Hall–Kier alpha value is -3.35. The highest BCUT2D eigenvalue weighted by Gasteiger charge is 2.15. The predicted molar refractivity (Wildman–Crippen MR) is 105 cm³/mol. The summed E-state index contributed by atoms with van der Waals surface area (Å²) >= 11 is 0. The molecule has 0 saturated heterocycles. The summed E-state index contributed by atoms with van der Waals surface area (Å²) in [7, 11) is 0. The van der Waals surface area contributed by atoms with E-state index < -0.39 is 0 Å². The molecule has 0 saturated carbocycles. The number of esters is 1. The zero-order valence-electron chi connectivity index (χ0n) is 16.2. The molecule has 3 aromatic rings. The van der Waals surface area contributed by atoms with Gasteiger partial charge in [0, 0.05) is 24.0 Å². The Bertz CT molecular complexity index is 906. The summed E-state index contributed by atoms with van der Waals surface area (Å²) in [5.41, 5.74) is 2.68. The summed E-state index contributed by atoms with van der Waals surface area (Å²) in [6.07, 6.45) is 4.49. The fourth-order valence-corrected chi connectivity index (χ4v) is 2.26. The summed E-state index contributed by atoms with van der Waals surface area (Å²) in [5.74, 6) is 0.172. The minimum Gasteiger partial charge on any atom is -0.463 e. The largest absolute Gasteiger partial charge is 0.463 e. The highest BCUT2D eigenvalue weighted by Crippen LogP contribution is 2.25. The van der Waals surface area contributed by atoms with Crippen LogP contribution in [0.25, 0.3) is 17.2 Å². The summed E-state index contributed by atoms with van der Waals surface area (Å²) in [4.78, 5) is 18.6. The summed E-state index contributed by atoms with van der Waals surface area (Å²) in [6.45, 7) is 9.53. The van der Waals surface area contributed by atoms with E-state index in [1.807, 2.05) is 6.07 Å². The van der Waals surface area contributed by atoms with Crippen LogP contribution in [-0.4, -0.2) is 32.3 Å². The SMILES string of the molecule is C=CC(=O)OCC.CC(C)c1cc(-c2ccc(F)cc2)n(-c2ncccn2)n1. The Morgan fingerprint density at radius 1 is 1.25 bits per heavy atom. The van der Waals surface area contributed by atoms with Crippen molar-refractivity contribution in [2.75, 3.05) is 6.61 Å². The smallest absolute Gasteiger partial charge is 0.330 e. The van der Waals surface area contributed by atoms with Crippen molar-refractivity contribution in [2.24, 2.45) is 0 Å². The second-order valence-corrected chi connectivity index (χ2v) is 6.03. The maximum Gasteiger partial charge on any atom is 0.330 e. The van der Waals surface area contributed by atoms with Gasteiger partial charge in [-0.3, -0.25) is 0 Å². The van der Waals surface area contributed by atoms with E-state index >= 15 is 0 Å². The topological polar surface area (TPSA) is 69.9 Å². The highest BCUT2D eigenvalue weighted by atomic mass is 19.1. The Balaban J connectivity index is 0.000000345. The molecule has 0 N–H and O–H groups in total. The van der Waals surface area contributed by atoms with Crippen molar-refractivity contribution in [3.8, 4) is 17.2 Å². The van der Waals surface area contributed by atoms with E-state index in [-0.39, 0.29) is 17.7 Å². The Morgan fingerprint density at radius 2 is 1.89 bits per heavy atom. The van der Waals surface area contributed by atoms with Gasteiger partial charge in [-0.25, -0.2) is 19.2 Å². The number of benzene rings is 1. The molecule has 2 aromatic heterocycles. The summed E-state index contributed by atoms with van der Waals surface area (Å²) in [5, 5.41) is 4.58. The average molecular weight is 382 g/mol. The maximum absolute atomic E-state index is 13.1. The van der Waals surface area contributed by atoms with Gasteiger partial charge in [0.05, 0.1) is 18.0 Å². The number of carbonyl (C=O) groups excluding carboxylic acids is 1. The van der Waals surface area contributed by atoms with Crippen LogP contribution in [0.4, 0.5) is 4.39 Å². The average Bonchev–Trinajstić information content (AvgIpc) is 3.16. The van der Waals surface area contributed by atoms with Crippen LogP contribution in [0.1, 0.15) is 32.4 Å². The minimum absolute atomic E-state index is 0.259. The van der Waals surface area contributed by atoms with E-state index in [1.165, 1.54) is 12.1 Å². The van der Waals surface area contributed by atoms with E-state index in [2.05, 4.69) is 40.2 Å². The number of ether oxygens (including phenoxy) is 1. The molecule has 0 aliphatic carbocycles. The van der Waals surface area contributed by atoms with E-state index in [0.29, 0.717) is 12.6 Å². The fraction of sp³-hybridized carbons (Fsp3) is 0.238. The van der Waals surface area contributed by atoms with Gasteiger partial charge in [-0.05, 0) is 49.2 Å². The molecule has 0 unspecified atom stereocenters. The lowest BCUT2D eigenvalue weighted by molar-refractivity contribution is -0.137. The van der Waals surface area contributed by atoms with Gasteiger partial charge >= 0.3 is 5.97 Å². The molecule has 3 rings (SSSR count). The van der Waals surface area contributed by atoms with Crippen molar-refractivity contribution in [1.29, 1.82) is 0 Å². The van der Waals surface area contributed by atoms with Crippen LogP contribution >= 0.6 is 0 Å². The molecule has 0 radical (unpaired) electrons. The van der Waals surface area contributed by atoms with Gasteiger partial charge in [-0.2, -0.15) is 9.78 Å². The molecule has 0 spiro atoms. The molecular weight excluding hydrogens is 359 g/mol. The first kappa shape index (κ1) is 21.0. The third-order valence-electron chi connectivity index (χ3n) is 3.65. The van der Waals surface area contributed by atoms with Crippen LogP contribution in [-0.2, 0) is 9.53 Å². The second kappa shape index (κ2) is 10.1. The van der Waals surface area contributed by atoms with Crippen LogP contribution in [0, 0.1) is 5.82 Å². The lowest BCUT2D eigenvalue weighted by atomic mass is 10.1. The third-order valence-corrected chi connectivity index (χ3v) is 3.65. The zero-order valence-corrected chi connectivity index (χ0v) is 16.2. The molecule has 28 heavy (non-hydrogen) atoms. The predicted octanol–water partition coefficient (Wildman–Crippen LogP) is 4.33. The minimum atomic E-state index is -0.359. The molecule has 1 aromatic carbocycles. The number of rotatable bonds is 5. The lowest BCUT2D eigenvalue weighted by Crippen LogP contribution is -2.04. The molecule has 6 nitrogen and oxygen atoms in total. The van der Waals surface area contributed by atoms with Crippen molar-refractivity contribution in [1.82, 2.24) is 19.7 Å². The molecule has 0 aliphatic rings. The second-order valence-electron chi connectivity index (χ2n) is 6.03. The van der Waals surface area contributed by atoms with E-state index in [1.54, 1.807) is 42.2 Å². The molecule has 0 amide bonds. The Labute approximate surface area is 163 Å². The van der Waals surface area contributed by atoms with Crippen LogP contribution in [0.3, 0.4) is 0 Å². The molecule has 0 fully saturated rings. The van der Waals surface area contributed by atoms with Gasteiger partial charge in [0.1, 0.15) is 5.82 Å². The number of hydrogen-bond donors (Lipinski definition) is 0. The monoisotopic (exact) mass is 382 g/mol. The summed E-state index contributed by atoms with van der Waals surface area (Å²) in [6, 6.07) is 10.1. The van der Waals surface area contributed by atoms with Crippen molar-refractivity contribution in [2.45, 2.75) is 26.7 Å². The highest BCUT2D eigenvalue weighted by molar-refractivity contribution is 5.81. The van der Waals surface area contributed by atoms with Gasteiger partial charge in [0.2, 0.25) is 0 Å². The zero-order chi connectivity index (χ0) is 20.5. The standard InChI is InChI=1S/C16H15FN4.C5H8O2/c1-11(2)14-10-15(12-4-6-13(17)7-5-12)21(20-14)16-18-8-3-9-19-16;1-3-5(6)7-4-2/h3-11H,1-2H3;3H,1,4H2,2H3. The van der Waals surface area contributed by atoms with Crippen LogP contribution < -0.4 is 0 Å². The third kappa shape index (κ3) is 5.57. The van der Waals surface area contributed by atoms with Gasteiger partial charge < -0.3 is 4.74 Å². The number of carbonyl (C=O) groups is 1. The normalized spacial score (nSPS) is 10.2. The molecule has 2 heterocycles. The first-order valence-corrected chi connectivity index (χ1v) is 8.88. The molecule has 7 heteroatoms. The maximum atomic E-state index is 13.1. The molecule has 0 bridgehead atoms. The molecule has 0 aliphatic heterocycles. The van der Waals surface area contributed by atoms with Crippen LogP contribution in [0.5, 0.6) is 0 Å². The van der Waals surface area contributed by atoms with Gasteiger partial charge in [-0.15, -0.1) is 0 Å². The Morgan fingerprint density at radius 3 is 2.39 bits per heavy atom. The first-order valence-electron chi connectivity index (χ1n) is 8.88. The lowest BCUT2D eigenvalue weighted by Gasteiger charge is -2.05. The van der Waals surface area contributed by atoms with Crippen molar-refractivity contribution >= 4 is 5.97 Å².